The molecule has 140 valence electrons. The van der Waals surface area contributed by atoms with Crippen molar-refractivity contribution < 1.29 is 4.79 Å². The first-order chi connectivity index (χ1) is 13.4. The number of rotatable bonds is 3. The molecule has 0 aliphatic rings. The summed E-state index contributed by atoms with van der Waals surface area (Å²) in [6.07, 6.45) is 0. The molecule has 0 radical (unpaired) electrons. The van der Waals surface area contributed by atoms with E-state index in [9.17, 15) is 9.59 Å². The molecular weight excluding hydrogens is 372 g/mol. The zero-order chi connectivity index (χ0) is 19.8. The van der Waals surface area contributed by atoms with Crippen LogP contribution in [0.15, 0.2) is 52.6 Å². The van der Waals surface area contributed by atoms with Crippen LogP contribution in [0.4, 0.5) is 5.13 Å². The quantitative estimate of drug-likeness (QED) is 0.575. The van der Waals surface area contributed by atoms with Gasteiger partial charge in [0.1, 0.15) is 0 Å². The summed E-state index contributed by atoms with van der Waals surface area (Å²) in [7, 11) is 1.72. The number of anilines is 1. The fourth-order valence-electron chi connectivity index (χ4n) is 2.98. The Morgan fingerprint density at radius 1 is 1.07 bits per heavy atom. The lowest BCUT2D eigenvalue weighted by atomic mass is 10.1. The molecule has 0 aliphatic carbocycles. The van der Waals surface area contributed by atoms with Crippen LogP contribution in [0.1, 0.15) is 21.6 Å². The summed E-state index contributed by atoms with van der Waals surface area (Å²) in [5.74, 6) is -0.561. The fraction of sp³-hybridized carbons (Fsp3) is 0.143. The number of fused-ring (bicyclic) bond motifs is 1. The molecule has 6 nitrogen and oxygen atoms in total. The van der Waals surface area contributed by atoms with Gasteiger partial charge >= 0.3 is 0 Å². The maximum atomic E-state index is 12.8. The molecule has 2 aromatic heterocycles. The molecule has 0 saturated carbocycles. The topological polar surface area (TPSA) is 76.9 Å². The van der Waals surface area contributed by atoms with Crippen molar-refractivity contribution in [3.8, 4) is 11.3 Å². The minimum absolute atomic E-state index is 0.146. The molecule has 0 aliphatic heterocycles. The standard InChI is InChI=1S/C21H18N4O2S/c1-12-4-7-14(8-5-12)16-11-28-21(22-16)23-20(27)18-19(26)15-10-13(2)6-9-17(15)25(3)24-18/h4-11H,1-3H3,(H,22,23,27). The van der Waals surface area contributed by atoms with E-state index < -0.39 is 5.91 Å². The second kappa shape index (κ2) is 7.01. The fourth-order valence-corrected chi connectivity index (χ4v) is 3.70. The molecule has 4 aromatic rings. The highest BCUT2D eigenvalue weighted by molar-refractivity contribution is 7.14. The summed E-state index contributed by atoms with van der Waals surface area (Å²) >= 11 is 1.31. The van der Waals surface area contributed by atoms with Crippen molar-refractivity contribution in [2.45, 2.75) is 13.8 Å². The minimum atomic E-state index is -0.561. The molecular formula is C21H18N4O2S. The normalized spacial score (nSPS) is 11.0. The molecule has 1 N–H and O–H groups in total. The van der Waals surface area contributed by atoms with Crippen LogP contribution in [0, 0.1) is 13.8 Å². The Hall–Kier alpha value is -3.32. The average molecular weight is 390 g/mol. The Morgan fingerprint density at radius 2 is 1.79 bits per heavy atom. The third-order valence-corrected chi connectivity index (χ3v) is 5.26. The molecule has 0 atom stereocenters. The summed E-state index contributed by atoms with van der Waals surface area (Å²) < 4.78 is 1.55. The van der Waals surface area contributed by atoms with Gasteiger partial charge in [-0.2, -0.15) is 5.10 Å². The van der Waals surface area contributed by atoms with Crippen LogP contribution in [0.2, 0.25) is 0 Å². The van der Waals surface area contributed by atoms with Gasteiger partial charge in [-0.3, -0.25) is 19.6 Å². The molecule has 0 saturated heterocycles. The van der Waals surface area contributed by atoms with Crippen LogP contribution in [0.3, 0.4) is 0 Å². The van der Waals surface area contributed by atoms with Crippen molar-refractivity contribution in [2.75, 3.05) is 5.32 Å². The average Bonchev–Trinajstić information content (AvgIpc) is 3.13. The van der Waals surface area contributed by atoms with Gasteiger partial charge in [0.2, 0.25) is 5.43 Å². The van der Waals surface area contributed by atoms with Crippen molar-refractivity contribution in [3.05, 3.63) is 74.9 Å². The predicted molar refractivity (Wildman–Crippen MR) is 112 cm³/mol. The Morgan fingerprint density at radius 3 is 2.54 bits per heavy atom. The first-order valence-corrected chi connectivity index (χ1v) is 9.62. The first kappa shape index (κ1) is 18.1. The molecule has 2 aromatic carbocycles. The highest BCUT2D eigenvalue weighted by atomic mass is 32.1. The Kier molecular flexibility index (Phi) is 4.52. The number of hydrogen-bond donors (Lipinski definition) is 1. The van der Waals surface area contributed by atoms with E-state index in [1.165, 1.54) is 16.9 Å². The number of carbonyl (C=O) groups excluding carboxylic acids is 1. The van der Waals surface area contributed by atoms with Gasteiger partial charge in [0, 0.05) is 18.0 Å². The lowest BCUT2D eigenvalue weighted by Gasteiger charge is -2.08. The van der Waals surface area contributed by atoms with Gasteiger partial charge < -0.3 is 0 Å². The highest BCUT2D eigenvalue weighted by Gasteiger charge is 2.18. The predicted octanol–water partition coefficient (Wildman–Crippen LogP) is 3.93. The Labute approximate surface area is 165 Å². The van der Waals surface area contributed by atoms with Gasteiger partial charge in [-0.05, 0) is 26.0 Å². The number of amides is 1. The van der Waals surface area contributed by atoms with E-state index in [-0.39, 0.29) is 11.1 Å². The Bertz CT molecular complexity index is 1260. The molecule has 1 amide bonds. The number of aromatic nitrogens is 3. The number of carbonyl (C=O) groups is 1. The minimum Gasteiger partial charge on any atom is -0.296 e. The van der Waals surface area contributed by atoms with Crippen LogP contribution in [-0.4, -0.2) is 20.7 Å². The summed E-state index contributed by atoms with van der Waals surface area (Å²) in [4.78, 5) is 29.9. The molecule has 0 unspecified atom stereocenters. The highest BCUT2D eigenvalue weighted by Crippen LogP contribution is 2.25. The van der Waals surface area contributed by atoms with Gasteiger partial charge in [0.15, 0.2) is 10.8 Å². The van der Waals surface area contributed by atoms with Crippen LogP contribution < -0.4 is 10.7 Å². The van der Waals surface area contributed by atoms with Gasteiger partial charge in [0.05, 0.1) is 16.6 Å². The van der Waals surface area contributed by atoms with Crippen molar-refractivity contribution in [2.24, 2.45) is 7.05 Å². The van der Waals surface area contributed by atoms with E-state index in [2.05, 4.69) is 15.4 Å². The second-order valence-corrected chi connectivity index (χ2v) is 7.54. The van der Waals surface area contributed by atoms with Gasteiger partial charge in [0.25, 0.3) is 5.91 Å². The summed E-state index contributed by atoms with van der Waals surface area (Å²) in [5, 5.41) is 9.64. The van der Waals surface area contributed by atoms with Crippen molar-refractivity contribution >= 4 is 33.3 Å². The zero-order valence-electron chi connectivity index (χ0n) is 15.7. The third kappa shape index (κ3) is 3.32. The third-order valence-electron chi connectivity index (χ3n) is 4.50. The van der Waals surface area contributed by atoms with Crippen LogP contribution in [-0.2, 0) is 7.05 Å². The van der Waals surface area contributed by atoms with E-state index in [1.807, 2.05) is 55.6 Å². The number of nitrogens with zero attached hydrogens (tertiary/aromatic N) is 3. The van der Waals surface area contributed by atoms with Crippen LogP contribution >= 0.6 is 11.3 Å². The number of hydrogen-bond acceptors (Lipinski definition) is 5. The smallest absolute Gasteiger partial charge is 0.281 e. The number of aryl methyl sites for hydroxylation is 3. The monoisotopic (exact) mass is 390 g/mol. The molecule has 7 heteroatoms. The van der Waals surface area contributed by atoms with E-state index in [0.717, 1.165) is 16.8 Å². The number of benzene rings is 2. The van der Waals surface area contributed by atoms with E-state index in [1.54, 1.807) is 17.8 Å². The van der Waals surface area contributed by atoms with E-state index >= 15 is 0 Å². The molecule has 0 bridgehead atoms. The molecule has 4 rings (SSSR count). The van der Waals surface area contributed by atoms with Crippen molar-refractivity contribution in [1.29, 1.82) is 0 Å². The van der Waals surface area contributed by atoms with E-state index in [4.69, 9.17) is 0 Å². The largest absolute Gasteiger partial charge is 0.296 e. The van der Waals surface area contributed by atoms with E-state index in [0.29, 0.717) is 16.0 Å². The zero-order valence-corrected chi connectivity index (χ0v) is 16.5. The summed E-state index contributed by atoms with van der Waals surface area (Å²) in [6.45, 7) is 3.93. The van der Waals surface area contributed by atoms with Crippen molar-refractivity contribution in [1.82, 2.24) is 14.8 Å². The maximum absolute atomic E-state index is 12.8. The van der Waals surface area contributed by atoms with Gasteiger partial charge in [-0.15, -0.1) is 11.3 Å². The molecule has 0 spiro atoms. The van der Waals surface area contributed by atoms with Gasteiger partial charge in [-0.25, -0.2) is 4.98 Å². The number of nitrogens with one attached hydrogen (secondary N) is 1. The molecule has 2 heterocycles. The van der Waals surface area contributed by atoms with Gasteiger partial charge in [-0.1, -0.05) is 41.5 Å². The van der Waals surface area contributed by atoms with Crippen LogP contribution in [0.25, 0.3) is 22.2 Å². The maximum Gasteiger partial charge on any atom is 0.281 e. The second-order valence-electron chi connectivity index (χ2n) is 6.68. The molecule has 0 fully saturated rings. The van der Waals surface area contributed by atoms with Crippen LogP contribution in [0.5, 0.6) is 0 Å². The lowest BCUT2D eigenvalue weighted by molar-refractivity contribution is 0.101. The summed E-state index contributed by atoms with van der Waals surface area (Å²) in [6, 6.07) is 13.5. The lowest BCUT2D eigenvalue weighted by Crippen LogP contribution is -2.26. The number of thiazole rings is 1. The first-order valence-electron chi connectivity index (χ1n) is 8.74. The SMILES string of the molecule is Cc1ccc(-c2csc(NC(=O)c3nn(C)c4ccc(C)cc4c3=O)n2)cc1. The Balaban J connectivity index is 1.65. The summed E-state index contributed by atoms with van der Waals surface area (Å²) in [5.41, 5.74) is 4.01. The van der Waals surface area contributed by atoms with Crippen molar-refractivity contribution in [3.63, 3.8) is 0 Å². The molecule has 28 heavy (non-hydrogen) atoms.